The normalized spacial score (nSPS) is 18.6. The number of amides is 2. The van der Waals surface area contributed by atoms with Gasteiger partial charge in [-0.1, -0.05) is 27.5 Å². The maximum atomic E-state index is 11.9. The van der Waals surface area contributed by atoms with Crippen molar-refractivity contribution >= 4 is 39.3 Å². The van der Waals surface area contributed by atoms with Crippen LogP contribution in [-0.4, -0.2) is 24.4 Å². The fourth-order valence-electron chi connectivity index (χ4n) is 1.83. The van der Waals surface area contributed by atoms with Gasteiger partial charge in [0.25, 0.3) is 5.91 Å². The van der Waals surface area contributed by atoms with Crippen molar-refractivity contribution in [1.82, 2.24) is 10.6 Å². The van der Waals surface area contributed by atoms with Crippen LogP contribution in [0.25, 0.3) is 0 Å². The van der Waals surface area contributed by atoms with Crippen LogP contribution in [0.2, 0.25) is 5.02 Å². The van der Waals surface area contributed by atoms with Gasteiger partial charge < -0.3 is 10.6 Å². The van der Waals surface area contributed by atoms with Gasteiger partial charge in [0, 0.05) is 34.1 Å². The second kappa shape index (κ2) is 5.71. The Hall–Kier alpha value is -1.07. The number of hydrogen-bond acceptors (Lipinski definition) is 2. The van der Waals surface area contributed by atoms with Gasteiger partial charge in [0.05, 0.1) is 0 Å². The maximum Gasteiger partial charge on any atom is 0.251 e. The second-order valence-corrected chi connectivity index (χ2v) is 5.52. The topological polar surface area (TPSA) is 58.2 Å². The Labute approximate surface area is 118 Å². The molecule has 2 rings (SSSR count). The van der Waals surface area contributed by atoms with E-state index in [2.05, 4.69) is 26.6 Å². The quantitative estimate of drug-likeness (QED) is 0.891. The lowest BCUT2D eigenvalue weighted by Gasteiger charge is -2.11. The molecule has 1 saturated heterocycles. The predicted molar refractivity (Wildman–Crippen MR) is 72.6 cm³/mol. The molecular weight excluding hydrogens is 320 g/mol. The van der Waals surface area contributed by atoms with Crippen LogP contribution in [-0.2, 0) is 4.79 Å². The van der Waals surface area contributed by atoms with Gasteiger partial charge in [0.2, 0.25) is 5.91 Å². The van der Waals surface area contributed by atoms with Gasteiger partial charge in [0.1, 0.15) is 0 Å². The van der Waals surface area contributed by atoms with Gasteiger partial charge in [-0.2, -0.15) is 0 Å². The van der Waals surface area contributed by atoms with E-state index in [0.717, 1.165) is 10.9 Å². The van der Waals surface area contributed by atoms with E-state index < -0.39 is 0 Å². The van der Waals surface area contributed by atoms with Crippen LogP contribution in [0.3, 0.4) is 0 Å². The fraction of sp³-hybridized carbons (Fsp3) is 0.333. The van der Waals surface area contributed by atoms with Crippen molar-refractivity contribution in [2.75, 3.05) is 6.54 Å². The third-order valence-electron chi connectivity index (χ3n) is 2.72. The van der Waals surface area contributed by atoms with Crippen molar-refractivity contribution in [2.45, 2.75) is 18.9 Å². The van der Waals surface area contributed by atoms with E-state index in [1.165, 1.54) is 0 Å². The van der Waals surface area contributed by atoms with Crippen LogP contribution in [0, 0.1) is 0 Å². The Morgan fingerprint density at radius 3 is 2.89 bits per heavy atom. The van der Waals surface area contributed by atoms with Gasteiger partial charge in [-0.3, -0.25) is 9.59 Å². The Bertz CT molecular complexity index is 473. The predicted octanol–water partition coefficient (Wildman–Crippen LogP) is 2.11. The maximum absolute atomic E-state index is 11.9. The third-order valence-corrected chi connectivity index (χ3v) is 3.39. The number of rotatable bonds is 3. The summed E-state index contributed by atoms with van der Waals surface area (Å²) in [4.78, 5) is 22.9. The molecule has 1 aromatic carbocycles. The minimum Gasteiger partial charge on any atom is -0.352 e. The number of hydrogen-bond donors (Lipinski definition) is 2. The first-order valence-electron chi connectivity index (χ1n) is 5.58. The average Bonchev–Trinajstić information content (AvgIpc) is 2.70. The Balaban J connectivity index is 1.93. The molecule has 0 saturated carbocycles. The zero-order chi connectivity index (χ0) is 13.1. The summed E-state index contributed by atoms with van der Waals surface area (Å²) in [7, 11) is 0. The van der Waals surface area contributed by atoms with Crippen molar-refractivity contribution in [2.24, 2.45) is 0 Å². The van der Waals surface area contributed by atoms with Gasteiger partial charge in [-0.15, -0.1) is 0 Å². The number of carbonyl (C=O) groups is 2. The summed E-state index contributed by atoms with van der Waals surface area (Å²) in [5.74, 6) is -0.154. The molecule has 0 aliphatic carbocycles. The minimum atomic E-state index is -0.195. The molecule has 1 fully saturated rings. The molecular formula is C12H12BrClN2O2. The molecule has 0 bridgehead atoms. The summed E-state index contributed by atoms with van der Waals surface area (Å²) >= 11 is 9.16. The molecule has 96 valence electrons. The zero-order valence-electron chi connectivity index (χ0n) is 9.50. The van der Waals surface area contributed by atoms with Crippen LogP contribution in [0.5, 0.6) is 0 Å². The molecule has 1 unspecified atom stereocenters. The molecule has 0 radical (unpaired) electrons. The van der Waals surface area contributed by atoms with Gasteiger partial charge >= 0.3 is 0 Å². The molecule has 4 nitrogen and oxygen atoms in total. The average molecular weight is 332 g/mol. The molecule has 1 aliphatic heterocycles. The first kappa shape index (κ1) is 13.4. The molecule has 2 amide bonds. The third kappa shape index (κ3) is 3.46. The summed E-state index contributed by atoms with van der Waals surface area (Å²) in [6.07, 6.45) is 1.29. The summed E-state index contributed by atoms with van der Waals surface area (Å²) in [5, 5.41) is 6.08. The van der Waals surface area contributed by atoms with Gasteiger partial charge in [-0.05, 0) is 24.6 Å². The lowest BCUT2D eigenvalue weighted by Crippen LogP contribution is -2.38. The van der Waals surface area contributed by atoms with Crippen LogP contribution in [0.1, 0.15) is 23.2 Å². The SMILES string of the molecule is O=C1CCC(CNC(=O)c2cc(Cl)cc(Br)c2)N1. The van der Waals surface area contributed by atoms with Gasteiger partial charge in [-0.25, -0.2) is 0 Å². The molecule has 0 spiro atoms. The standard InChI is InChI=1S/C12H12BrClN2O2/c13-8-3-7(4-9(14)5-8)12(18)15-6-10-1-2-11(17)16-10/h3-5,10H,1-2,6H2,(H,15,18)(H,16,17). The highest BCUT2D eigenvalue weighted by Gasteiger charge is 2.21. The van der Waals surface area contributed by atoms with Crippen molar-refractivity contribution in [3.05, 3.63) is 33.3 Å². The number of halogens is 2. The first-order valence-corrected chi connectivity index (χ1v) is 6.75. The van der Waals surface area contributed by atoms with Crippen molar-refractivity contribution < 1.29 is 9.59 Å². The molecule has 6 heteroatoms. The Kier molecular flexibility index (Phi) is 4.24. The van der Waals surface area contributed by atoms with E-state index in [1.54, 1.807) is 18.2 Å². The number of nitrogens with one attached hydrogen (secondary N) is 2. The smallest absolute Gasteiger partial charge is 0.251 e. The van der Waals surface area contributed by atoms with E-state index in [9.17, 15) is 9.59 Å². The summed E-state index contributed by atoms with van der Waals surface area (Å²) in [5.41, 5.74) is 0.499. The minimum absolute atomic E-state index is 0.0316. The van der Waals surface area contributed by atoms with E-state index in [4.69, 9.17) is 11.6 Å². The highest BCUT2D eigenvalue weighted by Crippen LogP contribution is 2.19. The molecule has 0 aromatic heterocycles. The van der Waals surface area contributed by atoms with Gasteiger partial charge in [0.15, 0.2) is 0 Å². The number of benzene rings is 1. The molecule has 1 atom stereocenters. The summed E-state index contributed by atoms with van der Waals surface area (Å²) in [6.45, 7) is 0.439. The van der Waals surface area contributed by atoms with E-state index >= 15 is 0 Å². The van der Waals surface area contributed by atoms with Crippen molar-refractivity contribution in [3.63, 3.8) is 0 Å². The molecule has 1 aliphatic rings. The van der Waals surface area contributed by atoms with Crippen LogP contribution in [0.15, 0.2) is 22.7 Å². The van der Waals surface area contributed by atoms with Crippen molar-refractivity contribution in [3.8, 4) is 0 Å². The fourth-order valence-corrected chi connectivity index (χ4v) is 2.69. The highest BCUT2D eigenvalue weighted by atomic mass is 79.9. The molecule has 18 heavy (non-hydrogen) atoms. The monoisotopic (exact) mass is 330 g/mol. The van der Waals surface area contributed by atoms with E-state index in [1.807, 2.05) is 0 Å². The van der Waals surface area contributed by atoms with Crippen LogP contribution >= 0.6 is 27.5 Å². The van der Waals surface area contributed by atoms with Crippen molar-refractivity contribution in [1.29, 1.82) is 0 Å². The van der Waals surface area contributed by atoms with Crippen LogP contribution < -0.4 is 10.6 Å². The second-order valence-electron chi connectivity index (χ2n) is 4.17. The van der Waals surface area contributed by atoms with Crippen LogP contribution in [0.4, 0.5) is 0 Å². The largest absolute Gasteiger partial charge is 0.352 e. The lowest BCUT2D eigenvalue weighted by molar-refractivity contribution is -0.119. The molecule has 1 aromatic rings. The lowest BCUT2D eigenvalue weighted by atomic mass is 10.2. The highest BCUT2D eigenvalue weighted by molar-refractivity contribution is 9.10. The Morgan fingerprint density at radius 1 is 1.50 bits per heavy atom. The Morgan fingerprint density at radius 2 is 2.28 bits per heavy atom. The molecule has 1 heterocycles. The number of carbonyl (C=O) groups excluding carboxylic acids is 2. The summed E-state index contributed by atoms with van der Waals surface area (Å²) in [6, 6.07) is 5.06. The summed E-state index contributed by atoms with van der Waals surface area (Å²) < 4.78 is 0.759. The van der Waals surface area contributed by atoms with E-state index in [-0.39, 0.29) is 17.9 Å². The van der Waals surface area contributed by atoms with E-state index in [0.29, 0.717) is 23.6 Å². The first-order chi connectivity index (χ1) is 8.54. The zero-order valence-corrected chi connectivity index (χ0v) is 11.8. The molecule has 2 N–H and O–H groups in total.